The van der Waals surface area contributed by atoms with E-state index < -0.39 is 0 Å². The number of hydrogen-bond acceptors (Lipinski definition) is 4. The highest BCUT2D eigenvalue weighted by Crippen LogP contribution is 1.78. The molecule has 0 aromatic heterocycles. The maximum atomic E-state index is 10.7. The van der Waals surface area contributed by atoms with E-state index in [1.165, 1.54) is 0 Å². The van der Waals surface area contributed by atoms with E-state index in [1.54, 1.807) is 7.05 Å². The Morgan fingerprint density at radius 3 is 2.06 bits per heavy atom. The second kappa shape index (κ2) is 18.5. The van der Waals surface area contributed by atoms with E-state index in [2.05, 4.69) is 22.9 Å². The zero-order valence-corrected chi connectivity index (χ0v) is 12.2. The molecule has 0 heterocycles. The van der Waals surface area contributed by atoms with Gasteiger partial charge in [0.05, 0.1) is 26.4 Å². The molecule has 0 aliphatic carbocycles. The predicted molar refractivity (Wildman–Crippen MR) is 74.0 cm³/mol. The normalized spacial score (nSPS) is 9.33. The lowest BCUT2D eigenvalue weighted by Crippen LogP contribution is -2.35. The molecule has 110 valence electrons. The average molecular weight is 263 g/mol. The van der Waals surface area contributed by atoms with Crippen molar-refractivity contribution >= 4 is 6.03 Å². The molecular formula is C12H29N3O3. The average Bonchev–Trinajstić information content (AvgIpc) is 2.42. The Balaban J connectivity index is 0. The van der Waals surface area contributed by atoms with Crippen molar-refractivity contribution in [3.8, 4) is 0 Å². The molecular weight excluding hydrogens is 234 g/mol. The van der Waals surface area contributed by atoms with Crippen molar-refractivity contribution in [3.63, 3.8) is 0 Å². The summed E-state index contributed by atoms with van der Waals surface area (Å²) < 4.78 is 10.5. The van der Waals surface area contributed by atoms with Gasteiger partial charge in [-0.25, -0.2) is 4.79 Å². The van der Waals surface area contributed by atoms with E-state index in [9.17, 15) is 4.79 Å². The van der Waals surface area contributed by atoms with Gasteiger partial charge in [0.1, 0.15) is 0 Å². The summed E-state index contributed by atoms with van der Waals surface area (Å²) in [5.74, 6) is 0. The minimum absolute atomic E-state index is 0.189. The number of nitrogens with one attached hydrogen (secondary N) is 3. The molecule has 6 nitrogen and oxygen atoms in total. The third kappa shape index (κ3) is 17.5. The third-order valence-electron chi connectivity index (χ3n) is 1.80. The summed E-state index contributed by atoms with van der Waals surface area (Å²) in [5.41, 5.74) is 0. The van der Waals surface area contributed by atoms with Crippen LogP contribution in [0, 0.1) is 0 Å². The van der Waals surface area contributed by atoms with Gasteiger partial charge in [0, 0.05) is 20.1 Å². The van der Waals surface area contributed by atoms with Crippen LogP contribution in [0.2, 0.25) is 0 Å². The zero-order chi connectivity index (χ0) is 14.1. The Kier molecular flexibility index (Phi) is 20.0. The van der Waals surface area contributed by atoms with E-state index in [0.29, 0.717) is 33.0 Å². The fourth-order valence-electron chi connectivity index (χ4n) is 0.968. The van der Waals surface area contributed by atoms with Gasteiger partial charge in [0.2, 0.25) is 0 Å². The highest BCUT2D eigenvalue weighted by Gasteiger charge is 1.94. The Labute approximate surface area is 111 Å². The molecule has 0 radical (unpaired) electrons. The molecule has 3 N–H and O–H groups in total. The van der Waals surface area contributed by atoms with E-state index in [-0.39, 0.29) is 6.03 Å². The number of rotatable bonds is 10. The summed E-state index contributed by atoms with van der Waals surface area (Å²) in [7, 11) is 1.58. The Morgan fingerprint density at radius 2 is 1.56 bits per heavy atom. The van der Waals surface area contributed by atoms with Gasteiger partial charge in [-0.2, -0.15) is 0 Å². The number of urea groups is 1. The maximum absolute atomic E-state index is 10.7. The highest BCUT2D eigenvalue weighted by molar-refractivity contribution is 5.73. The van der Waals surface area contributed by atoms with Gasteiger partial charge in [0.15, 0.2) is 0 Å². The van der Waals surface area contributed by atoms with Gasteiger partial charge in [-0.05, 0) is 6.54 Å². The first kappa shape index (κ1) is 19.5. The summed E-state index contributed by atoms with van der Waals surface area (Å²) in [6.07, 6.45) is 0. The van der Waals surface area contributed by atoms with Crippen LogP contribution in [0.15, 0.2) is 0 Å². The molecule has 0 aromatic carbocycles. The van der Waals surface area contributed by atoms with E-state index >= 15 is 0 Å². The molecule has 0 aliphatic heterocycles. The molecule has 0 saturated heterocycles. The monoisotopic (exact) mass is 263 g/mol. The number of amides is 2. The lowest BCUT2D eigenvalue weighted by atomic mass is 10.6. The molecule has 0 rings (SSSR count). The molecule has 2 amide bonds. The van der Waals surface area contributed by atoms with Crippen molar-refractivity contribution in [2.45, 2.75) is 20.8 Å². The van der Waals surface area contributed by atoms with Gasteiger partial charge in [-0.1, -0.05) is 20.8 Å². The minimum Gasteiger partial charge on any atom is -0.378 e. The fraction of sp³-hybridized carbons (Fsp3) is 0.917. The standard InChI is InChI=1S/C10H23N3O3.C2H6/c1-3-12-4-6-15-8-9-16-7-5-13-10(14)11-2;1-2/h12H,3-9H2,1-2H3,(H2,11,13,14);1-2H3. The van der Waals surface area contributed by atoms with Crippen molar-refractivity contribution < 1.29 is 14.3 Å². The molecule has 0 spiro atoms. The zero-order valence-electron chi connectivity index (χ0n) is 12.2. The van der Waals surface area contributed by atoms with Crippen LogP contribution in [0.3, 0.4) is 0 Å². The van der Waals surface area contributed by atoms with Gasteiger partial charge < -0.3 is 25.4 Å². The van der Waals surface area contributed by atoms with E-state index in [0.717, 1.165) is 13.1 Å². The van der Waals surface area contributed by atoms with Crippen LogP contribution in [-0.4, -0.2) is 59.1 Å². The van der Waals surface area contributed by atoms with Gasteiger partial charge >= 0.3 is 6.03 Å². The van der Waals surface area contributed by atoms with Crippen LogP contribution >= 0.6 is 0 Å². The third-order valence-corrected chi connectivity index (χ3v) is 1.80. The molecule has 0 aromatic rings. The molecule has 0 atom stereocenters. The number of carbonyl (C=O) groups excluding carboxylic acids is 1. The quantitative estimate of drug-likeness (QED) is 0.504. The summed E-state index contributed by atoms with van der Waals surface area (Å²) in [6.45, 7) is 10.8. The summed E-state index contributed by atoms with van der Waals surface area (Å²) in [6, 6.07) is -0.189. The van der Waals surface area contributed by atoms with Crippen LogP contribution < -0.4 is 16.0 Å². The fourth-order valence-corrected chi connectivity index (χ4v) is 0.968. The van der Waals surface area contributed by atoms with Crippen LogP contribution in [0.4, 0.5) is 4.79 Å². The Bertz CT molecular complexity index is 169. The van der Waals surface area contributed by atoms with Gasteiger partial charge in [-0.3, -0.25) is 0 Å². The second-order valence-corrected chi connectivity index (χ2v) is 3.08. The predicted octanol–water partition coefficient (Wildman–Crippen LogP) is 0.584. The van der Waals surface area contributed by atoms with Crippen LogP contribution in [-0.2, 0) is 9.47 Å². The maximum Gasteiger partial charge on any atom is 0.314 e. The van der Waals surface area contributed by atoms with Crippen molar-refractivity contribution in [3.05, 3.63) is 0 Å². The molecule has 18 heavy (non-hydrogen) atoms. The first-order valence-corrected chi connectivity index (χ1v) is 6.63. The van der Waals surface area contributed by atoms with Crippen LogP contribution in [0.5, 0.6) is 0 Å². The Hall–Kier alpha value is -0.850. The summed E-state index contributed by atoms with van der Waals surface area (Å²) >= 11 is 0. The number of ether oxygens (including phenoxy) is 2. The smallest absolute Gasteiger partial charge is 0.314 e. The van der Waals surface area contributed by atoms with E-state index in [4.69, 9.17) is 9.47 Å². The molecule has 0 fully saturated rings. The van der Waals surface area contributed by atoms with Crippen molar-refractivity contribution in [2.24, 2.45) is 0 Å². The van der Waals surface area contributed by atoms with Crippen molar-refractivity contribution in [1.29, 1.82) is 0 Å². The van der Waals surface area contributed by atoms with Crippen LogP contribution in [0.1, 0.15) is 20.8 Å². The second-order valence-electron chi connectivity index (χ2n) is 3.08. The largest absolute Gasteiger partial charge is 0.378 e. The van der Waals surface area contributed by atoms with Gasteiger partial charge in [0.25, 0.3) is 0 Å². The first-order valence-electron chi connectivity index (χ1n) is 6.63. The summed E-state index contributed by atoms with van der Waals surface area (Å²) in [4.78, 5) is 10.7. The SMILES string of the molecule is CC.CCNCCOCCOCCNC(=O)NC. The molecule has 0 aliphatic rings. The first-order chi connectivity index (χ1) is 8.81. The Morgan fingerprint density at radius 1 is 1.00 bits per heavy atom. The van der Waals surface area contributed by atoms with Crippen LogP contribution in [0.25, 0.3) is 0 Å². The lowest BCUT2D eigenvalue weighted by molar-refractivity contribution is 0.0506. The van der Waals surface area contributed by atoms with E-state index in [1.807, 2.05) is 13.8 Å². The van der Waals surface area contributed by atoms with Gasteiger partial charge in [-0.15, -0.1) is 0 Å². The molecule has 6 heteroatoms. The van der Waals surface area contributed by atoms with Crippen molar-refractivity contribution in [2.75, 3.05) is 53.1 Å². The number of carbonyl (C=O) groups is 1. The molecule has 0 unspecified atom stereocenters. The molecule has 0 saturated carbocycles. The lowest BCUT2D eigenvalue weighted by Gasteiger charge is -2.07. The minimum atomic E-state index is -0.189. The topological polar surface area (TPSA) is 71.6 Å². The highest BCUT2D eigenvalue weighted by atomic mass is 16.5. The number of hydrogen-bond donors (Lipinski definition) is 3. The number of likely N-dealkylation sites (N-methyl/N-ethyl adjacent to an activating group) is 1. The molecule has 0 bridgehead atoms. The van der Waals surface area contributed by atoms with Crippen molar-refractivity contribution in [1.82, 2.24) is 16.0 Å². The summed E-state index contributed by atoms with van der Waals surface area (Å²) in [5, 5.41) is 8.24.